The molecule has 4 rings (SSSR count). The van der Waals surface area contributed by atoms with Crippen LogP contribution in [0, 0.1) is 0 Å². The van der Waals surface area contributed by atoms with Crippen LogP contribution in [-0.4, -0.2) is 77.7 Å². The Balaban J connectivity index is 0.000000469. The van der Waals surface area contributed by atoms with Gasteiger partial charge in [-0.1, -0.05) is 0 Å². The van der Waals surface area contributed by atoms with Gasteiger partial charge in [0, 0.05) is 31.0 Å². The fraction of sp³-hybridized carbons (Fsp3) is 0.458. The Morgan fingerprint density at radius 3 is 2.56 bits per heavy atom. The van der Waals surface area contributed by atoms with E-state index in [9.17, 15) is 9.59 Å². The number of ether oxygens (including phenoxy) is 2. The van der Waals surface area contributed by atoms with E-state index in [0.29, 0.717) is 48.7 Å². The zero-order valence-electron chi connectivity index (χ0n) is 20.0. The van der Waals surface area contributed by atoms with Crippen molar-refractivity contribution >= 4 is 23.1 Å². The minimum atomic E-state index is -0.320. The van der Waals surface area contributed by atoms with Gasteiger partial charge in [-0.3, -0.25) is 9.78 Å². The molecular weight excluding hydrogens is 436 g/mol. The van der Waals surface area contributed by atoms with Crippen molar-refractivity contribution in [3.63, 3.8) is 0 Å². The summed E-state index contributed by atoms with van der Waals surface area (Å²) < 4.78 is 12.1. The molecule has 1 aliphatic rings. The summed E-state index contributed by atoms with van der Waals surface area (Å²) in [5, 5.41) is 2.74. The third kappa shape index (κ3) is 6.58. The van der Waals surface area contributed by atoms with Crippen molar-refractivity contribution in [1.82, 2.24) is 24.4 Å². The highest BCUT2D eigenvalue weighted by atomic mass is 16.5. The third-order valence-corrected chi connectivity index (χ3v) is 5.42. The van der Waals surface area contributed by atoms with Gasteiger partial charge < -0.3 is 29.1 Å². The Kier molecular flexibility index (Phi) is 9.48. The zero-order valence-corrected chi connectivity index (χ0v) is 20.0. The van der Waals surface area contributed by atoms with Crippen LogP contribution in [0.2, 0.25) is 0 Å². The van der Waals surface area contributed by atoms with Crippen LogP contribution in [0.3, 0.4) is 0 Å². The second-order valence-electron chi connectivity index (χ2n) is 7.82. The molecule has 0 unspecified atom stereocenters. The van der Waals surface area contributed by atoms with Crippen LogP contribution in [0.5, 0.6) is 5.88 Å². The summed E-state index contributed by atoms with van der Waals surface area (Å²) in [4.78, 5) is 38.8. The zero-order chi connectivity index (χ0) is 24.3. The molecule has 1 fully saturated rings. The Morgan fingerprint density at radius 1 is 1.18 bits per heavy atom. The number of hydrogen-bond acceptors (Lipinski definition) is 9. The lowest BCUT2D eigenvalue weighted by Gasteiger charge is -2.13. The van der Waals surface area contributed by atoms with E-state index >= 15 is 0 Å². The van der Waals surface area contributed by atoms with Crippen LogP contribution in [-0.2, 0) is 16.1 Å². The Bertz CT molecular complexity index is 1130. The first-order chi connectivity index (χ1) is 16.6. The normalized spacial score (nSPS) is 13.4. The monoisotopic (exact) mass is 468 g/mol. The number of anilines is 1. The maximum Gasteiger partial charge on any atom is 0.293 e. The second kappa shape index (κ2) is 12.8. The second-order valence-corrected chi connectivity index (χ2v) is 7.82. The summed E-state index contributed by atoms with van der Waals surface area (Å²) in [6.07, 6.45) is 6.75. The molecule has 0 aliphatic carbocycles. The number of carbonyl (C=O) groups is 1. The molecule has 0 amide bonds. The predicted molar refractivity (Wildman–Crippen MR) is 131 cm³/mol. The minimum Gasteiger partial charge on any atom is -0.481 e. The molecule has 3 aromatic heterocycles. The molecule has 1 saturated heterocycles. The van der Waals surface area contributed by atoms with E-state index in [2.05, 4.69) is 32.2 Å². The summed E-state index contributed by atoms with van der Waals surface area (Å²) >= 11 is 0. The maximum atomic E-state index is 12.8. The number of nitrogens with zero attached hydrogens (tertiary/aromatic N) is 5. The molecule has 1 N–H and O–H groups in total. The molecule has 34 heavy (non-hydrogen) atoms. The van der Waals surface area contributed by atoms with Crippen molar-refractivity contribution in [3.8, 4) is 17.1 Å². The molecular formula is C24H32N6O4. The third-order valence-electron chi connectivity index (χ3n) is 5.42. The topological polar surface area (TPSA) is 111 Å². The van der Waals surface area contributed by atoms with Gasteiger partial charge in [0.25, 0.3) is 5.56 Å². The number of fused-ring (bicyclic) bond motifs is 1. The number of likely N-dealkylation sites (tertiary alicyclic amines) is 1. The lowest BCUT2D eigenvalue weighted by Crippen LogP contribution is -2.27. The summed E-state index contributed by atoms with van der Waals surface area (Å²) in [5.74, 6) is 0.613. The highest BCUT2D eigenvalue weighted by molar-refractivity contribution is 5.80. The number of aldehydes is 1. The van der Waals surface area contributed by atoms with Crippen LogP contribution >= 0.6 is 0 Å². The Hall–Kier alpha value is -3.37. The van der Waals surface area contributed by atoms with Crippen LogP contribution in [0.4, 0.5) is 5.82 Å². The van der Waals surface area contributed by atoms with Crippen LogP contribution < -0.4 is 15.6 Å². The number of hydrogen-bond donors (Lipinski definition) is 1. The molecule has 10 nitrogen and oxygen atoms in total. The SMILES string of the molecule is CCOCCn1c(=O)c(NCC=O)nc2cnc(-c3ccc(OC)nc3)cc21.CN1CCCC1. The molecule has 0 aromatic carbocycles. The molecule has 0 saturated carbocycles. The van der Waals surface area contributed by atoms with E-state index in [4.69, 9.17) is 9.47 Å². The Labute approximate surface area is 198 Å². The fourth-order valence-electron chi connectivity index (χ4n) is 3.61. The molecule has 3 aromatic rings. The van der Waals surface area contributed by atoms with E-state index in [-0.39, 0.29) is 17.9 Å². The average Bonchev–Trinajstić information content (AvgIpc) is 3.35. The van der Waals surface area contributed by atoms with Gasteiger partial charge in [0.15, 0.2) is 5.82 Å². The molecule has 0 spiro atoms. The standard InChI is InChI=1S/C19H21N5O4.C5H11N/c1-3-28-9-7-24-16-10-14(13-4-5-17(27-2)22-11-13)21-12-15(16)23-18(19(24)26)20-6-8-25;1-6-4-2-3-5-6/h4-5,8,10-12H,3,6-7,9H2,1-2H3,(H,20,23);2-5H2,1H3. The quantitative estimate of drug-likeness (QED) is 0.373. The molecule has 0 bridgehead atoms. The van der Waals surface area contributed by atoms with Crippen LogP contribution in [0.25, 0.3) is 22.3 Å². The van der Waals surface area contributed by atoms with E-state index in [1.807, 2.05) is 13.0 Å². The van der Waals surface area contributed by atoms with E-state index in [1.165, 1.54) is 25.9 Å². The smallest absolute Gasteiger partial charge is 0.293 e. The van der Waals surface area contributed by atoms with Crippen molar-refractivity contribution in [1.29, 1.82) is 0 Å². The summed E-state index contributed by atoms with van der Waals surface area (Å²) in [6, 6.07) is 5.38. The molecule has 1 aliphatic heterocycles. The van der Waals surface area contributed by atoms with Gasteiger partial charge in [0.1, 0.15) is 11.8 Å². The number of rotatable bonds is 9. The lowest BCUT2D eigenvalue weighted by atomic mass is 10.2. The molecule has 182 valence electrons. The van der Waals surface area contributed by atoms with Crippen molar-refractivity contribution in [2.45, 2.75) is 26.3 Å². The molecule has 10 heteroatoms. The van der Waals surface area contributed by atoms with Crippen molar-refractivity contribution in [3.05, 3.63) is 40.9 Å². The summed E-state index contributed by atoms with van der Waals surface area (Å²) in [6.45, 7) is 5.82. The van der Waals surface area contributed by atoms with Crippen molar-refractivity contribution < 1.29 is 14.3 Å². The van der Waals surface area contributed by atoms with Gasteiger partial charge in [-0.05, 0) is 52.0 Å². The van der Waals surface area contributed by atoms with Crippen molar-refractivity contribution in [2.24, 2.45) is 0 Å². The number of nitrogens with one attached hydrogen (secondary N) is 1. The molecule has 4 heterocycles. The fourth-order valence-corrected chi connectivity index (χ4v) is 3.61. The van der Waals surface area contributed by atoms with E-state index < -0.39 is 0 Å². The first-order valence-corrected chi connectivity index (χ1v) is 11.4. The summed E-state index contributed by atoms with van der Waals surface area (Å²) in [7, 11) is 3.72. The van der Waals surface area contributed by atoms with Gasteiger partial charge in [-0.25, -0.2) is 9.97 Å². The van der Waals surface area contributed by atoms with Gasteiger partial charge >= 0.3 is 0 Å². The van der Waals surface area contributed by atoms with Crippen molar-refractivity contribution in [2.75, 3.05) is 52.3 Å². The van der Waals surface area contributed by atoms with Crippen LogP contribution in [0.1, 0.15) is 19.8 Å². The van der Waals surface area contributed by atoms with E-state index in [0.717, 1.165) is 5.56 Å². The number of carbonyl (C=O) groups excluding carboxylic acids is 1. The highest BCUT2D eigenvalue weighted by Crippen LogP contribution is 2.22. The molecule has 0 atom stereocenters. The van der Waals surface area contributed by atoms with Gasteiger partial charge in [-0.2, -0.15) is 0 Å². The van der Waals surface area contributed by atoms with Gasteiger partial charge in [-0.15, -0.1) is 0 Å². The maximum absolute atomic E-state index is 12.8. The number of methoxy groups -OCH3 is 1. The van der Waals surface area contributed by atoms with Gasteiger partial charge in [0.2, 0.25) is 5.88 Å². The lowest BCUT2D eigenvalue weighted by molar-refractivity contribution is -0.106. The number of pyridine rings is 2. The average molecular weight is 469 g/mol. The Morgan fingerprint density at radius 2 is 1.97 bits per heavy atom. The molecule has 0 radical (unpaired) electrons. The minimum absolute atomic E-state index is 0.00222. The highest BCUT2D eigenvalue weighted by Gasteiger charge is 2.13. The largest absolute Gasteiger partial charge is 0.481 e. The van der Waals surface area contributed by atoms with Gasteiger partial charge in [0.05, 0.1) is 37.7 Å². The van der Waals surface area contributed by atoms with Crippen LogP contribution in [0.15, 0.2) is 35.4 Å². The van der Waals surface area contributed by atoms with E-state index in [1.54, 1.807) is 36.2 Å². The predicted octanol–water partition coefficient (Wildman–Crippen LogP) is 2.22. The number of aromatic nitrogens is 4. The first-order valence-electron chi connectivity index (χ1n) is 11.4. The first kappa shape index (κ1) is 25.3. The summed E-state index contributed by atoms with van der Waals surface area (Å²) in [5.41, 5.74) is 2.29.